The van der Waals surface area contributed by atoms with E-state index in [2.05, 4.69) is 10.0 Å². The second-order valence-corrected chi connectivity index (χ2v) is 7.10. The van der Waals surface area contributed by atoms with Gasteiger partial charge in [-0.05, 0) is 61.2 Å². The first-order chi connectivity index (χ1) is 10.5. The van der Waals surface area contributed by atoms with E-state index in [9.17, 15) is 12.8 Å². The molecule has 0 saturated carbocycles. The van der Waals surface area contributed by atoms with Crippen molar-refractivity contribution < 1.29 is 12.8 Å². The largest absolute Gasteiger partial charge is 0.385 e. The van der Waals surface area contributed by atoms with E-state index in [1.54, 1.807) is 0 Å². The molecule has 1 aliphatic heterocycles. The van der Waals surface area contributed by atoms with Crippen LogP contribution in [0.2, 0.25) is 0 Å². The van der Waals surface area contributed by atoms with Gasteiger partial charge in [0.1, 0.15) is 5.82 Å². The molecule has 4 nitrogen and oxygen atoms in total. The highest BCUT2D eigenvalue weighted by atomic mass is 32.2. The molecule has 2 aromatic carbocycles. The molecule has 0 amide bonds. The number of sulfonamides is 1. The topological polar surface area (TPSA) is 58.2 Å². The van der Waals surface area contributed by atoms with Gasteiger partial charge in [-0.15, -0.1) is 0 Å². The Labute approximate surface area is 129 Å². The second-order valence-electron chi connectivity index (χ2n) is 5.41. The smallest absolute Gasteiger partial charge is 0.261 e. The summed E-state index contributed by atoms with van der Waals surface area (Å²) in [5.74, 6) is -0.465. The van der Waals surface area contributed by atoms with Crippen LogP contribution in [0.25, 0.3) is 0 Å². The summed E-state index contributed by atoms with van der Waals surface area (Å²) in [6.45, 7) is 2.76. The highest BCUT2D eigenvalue weighted by Crippen LogP contribution is 2.30. The molecule has 0 fully saturated rings. The lowest BCUT2D eigenvalue weighted by Gasteiger charge is -2.21. The predicted octanol–water partition coefficient (Wildman–Crippen LogP) is 3.29. The minimum Gasteiger partial charge on any atom is -0.385 e. The molecule has 116 valence electrons. The van der Waals surface area contributed by atoms with Gasteiger partial charge in [-0.1, -0.05) is 6.07 Å². The van der Waals surface area contributed by atoms with Crippen LogP contribution in [0.15, 0.2) is 41.3 Å². The Morgan fingerprint density at radius 3 is 2.64 bits per heavy atom. The van der Waals surface area contributed by atoms with E-state index in [1.807, 2.05) is 19.1 Å². The maximum atomic E-state index is 12.9. The zero-order valence-electron chi connectivity index (χ0n) is 12.2. The highest BCUT2D eigenvalue weighted by Gasteiger charge is 2.17. The van der Waals surface area contributed by atoms with Gasteiger partial charge in [-0.2, -0.15) is 0 Å². The van der Waals surface area contributed by atoms with Crippen LogP contribution in [-0.4, -0.2) is 15.0 Å². The summed E-state index contributed by atoms with van der Waals surface area (Å²) in [7, 11) is -3.72. The van der Waals surface area contributed by atoms with Crippen LogP contribution in [0.5, 0.6) is 0 Å². The number of hydrogen-bond donors (Lipinski definition) is 2. The van der Waals surface area contributed by atoms with Gasteiger partial charge in [0.05, 0.1) is 10.6 Å². The lowest BCUT2D eigenvalue weighted by molar-refractivity contribution is 0.599. The SMILES string of the molecule is Cc1cc2c(cc1NS(=O)(=O)c1ccc(F)cc1)NCCC2. The van der Waals surface area contributed by atoms with Gasteiger partial charge in [0, 0.05) is 12.2 Å². The molecule has 0 spiro atoms. The Balaban J connectivity index is 1.93. The summed E-state index contributed by atoms with van der Waals surface area (Å²) in [5.41, 5.74) is 3.58. The summed E-state index contributed by atoms with van der Waals surface area (Å²) >= 11 is 0. The number of anilines is 2. The third-order valence-corrected chi connectivity index (χ3v) is 5.14. The molecule has 2 N–H and O–H groups in total. The fourth-order valence-electron chi connectivity index (χ4n) is 2.57. The monoisotopic (exact) mass is 320 g/mol. The van der Waals surface area contributed by atoms with Crippen molar-refractivity contribution in [1.29, 1.82) is 0 Å². The van der Waals surface area contributed by atoms with E-state index < -0.39 is 15.8 Å². The van der Waals surface area contributed by atoms with Crippen molar-refractivity contribution >= 4 is 21.4 Å². The van der Waals surface area contributed by atoms with E-state index in [-0.39, 0.29) is 4.90 Å². The Morgan fingerprint density at radius 2 is 1.91 bits per heavy atom. The van der Waals surface area contributed by atoms with Crippen molar-refractivity contribution in [3.63, 3.8) is 0 Å². The predicted molar refractivity (Wildman–Crippen MR) is 85.2 cm³/mol. The molecule has 0 saturated heterocycles. The molecule has 0 atom stereocenters. The second kappa shape index (κ2) is 5.61. The van der Waals surface area contributed by atoms with Crippen molar-refractivity contribution in [3.05, 3.63) is 53.3 Å². The lowest BCUT2D eigenvalue weighted by Crippen LogP contribution is -2.16. The van der Waals surface area contributed by atoms with Crippen molar-refractivity contribution in [2.24, 2.45) is 0 Å². The van der Waals surface area contributed by atoms with E-state index in [0.29, 0.717) is 5.69 Å². The van der Waals surface area contributed by atoms with Crippen molar-refractivity contribution in [1.82, 2.24) is 0 Å². The zero-order valence-corrected chi connectivity index (χ0v) is 13.0. The van der Waals surface area contributed by atoms with Gasteiger partial charge in [0.2, 0.25) is 0 Å². The number of halogens is 1. The fraction of sp³-hybridized carbons (Fsp3) is 0.250. The molecule has 0 unspecified atom stereocenters. The van der Waals surface area contributed by atoms with Crippen LogP contribution in [-0.2, 0) is 16.4 Å². The first-order valence-corrected chi connectivity index (χ1v) is 8.60. The Hall–Kier alpha value is -2.08. The molecule has 0 bridgehead atoms. The summed E-state index contributed by atoms with van der Waals surface area (Å²) in [4.78, 5) is 0.0407. The van der Waals surface area contributed by atoms with Crippen molar-refractivity contribution in [2.75, 3.05) is 16.6 Å². The van der Waals surface area contributed by atoms with E-state index >= 15 is 0 Å². The zero-order chi connectivity index (χ0) is 15.7. The standard InChI is InChI=1S/C16H17FN2O2S/c1-11-9-12-3-2-8-18-16(12)10-15(11)19-22(20,21)14-6-4-13(17)5-7-14/h4-7,9-10,18-19H,2-3,8H2,1H3. The third kappa shape index (κ3) is 2.92. The average molecular weight is 320 g/mol. The normalized spacial score (nSPS) is 14.1. The number of aryl methyl sites for hydroxylation is 2. The first-order valence-electron chi connectivity index (χ1n) is 7.11. The summed E-state index contributed by atoms with van der Waals surface area (Å²) in [5, 5.41) is 3.28. The number of hydrogen-bond acceptors (Lipinski definition) is 3. The van der Waals surface area contributed by atoms with Gasteiger partial charge in [-0.25, -0.2) is 12.8 Å². The van der Waals surface area contributed by atoms with Gasteiger partial charge in [0.15, 0.2) is 0 Å². The molecule has 0 aromatic heterocycles. The fourth-order valence-corrected chi connectivity index (χ4v) is 3.69. The molecular formula is C16H17FN2O2S. The first kappa shape index (κ1) is 14.8. The van der Waals surface area contributed by atoms with Gasteiger partial charge < -0.3 is 5.32 Å². The van der Waals surface area contributed by atoms with E-state index in [1.165, 1.54) is 17.7 Å². The van der Waals surface area contributed by atoms with Crippen LogP contribution < -0.4 is 10.0 Å². The quantitative estimate of drug-likeness (QED) is 0.912. The lowest BCUT2D eigenvalue weighted by atomic mass is 10.0. The molecule has 0 radical (unpaired) electrons. The van der Waals surface area contributed by atoms with Crippen molar-refractivity contribution in [2.45, 2.75) is 24.7 Å². The molecule has 6 heteroatoms. The number of nitrogens with one attached hydrogen (secondary N) is 2. The maximum absolute atomic E-state index is 12.9. The van der Waals surface area contributed by atoms with E-state index in [0.717, 1.165) is 42.8 Å². The highest BCUT2D eigenvalue weighted by molar-refractivity contribution is 7.92. The van der Waals surface area contributed by atoms with Crippen LogP contribution in [0.1, 0.15) is 17.5 Å². The van der Waals surface area contributed by atoms with Gasteiger partial charge in [0.25, 0.3) is 10.0 Å². The Morgan fingerprint density at radius 1 is 1.18 bits per heavy atom. The molecule has 0 aliphatic carbocycles. The maximum Gasteiger partial charge on any atom is 0.261 e. The number of benzene rings is 2. The Kier molecular flexibility index (Phi) is 3.78. The van der Waals surface area contributed by atoms with Gasteiger partial charge in [-0.3, -0.25) is 4.72 Å². The minimum absolute atomic E-state index is 0.0407. The number of fused-ring (bicyclic) bond motifs is 1. The molecule has 1 heterocycles. The van der Waals surface area contributed by atoms with Crippen LogP contribution in [0.3, 0.4) is 0 Å². The van der Waals surface area contributed by atoms with Crippen LogP contribution in [0.4, 0.5) is 15.8 Å². The number of rotatable bonds is 3. The average Bonchev–Trinajstić information content (AvgIpc) is 2.48. The van der Waals surface area contributed by atoms with Crippen LogP contribution in [0, 0.1) is 12.7 Å². The summed E-state index contributed by atoms with van der Waals surface area (Å²) in [6.07, 6.45) is 2.07. The third-order valence-electron chi connectivity index (χ3n) is 3.76. The van der Waals surface area contributed by atoms with E-state index in [4.69, 9.17) is 0 Å². The summed E-state index contributed by atoms with van der Waals surface area (Å²) in [6, 6.07) is 8.61. The Bertz CT molecular complexity index is 802. The molecule has 1 aliphatic rings. The molecule has 2 aromatic rings. The van der Waals surface area contributed by atoms with Gasteiger partial charge >= 0.3 is 0 Å². The van der Waals surface area contributed by atoms with Crippen molar-refractivity contribution in [3.8, 4) is 0 Å². The minimum atomic E-state index is -3.72. The molecule has 3 rings (SSSR count). The molecule has 22 heavy (non-hydrogen) atoms. The molecular weight excluding hydrogens is 303 g/mol. The summed E-state index contributed by atoms with van der Waals surface area (Å²) < 4.78 is 40.3. The van der Waals surface area contributed by atoms with Crippen LogP contribution >= 0.6 is 0 Å².